The van der Waals surface area contributed by atoms with E-state index in [4.69, 9.17) is 0 Å². The molecule has 1 N–H and O–H groups in total. The first kappa shape index (κ1) is 15.9. The Morgan fingerprint density at radius 2 is 1.71 bits per heavy atom. The molecule has 3 rings (SSSR count). The molecule has 0 aliphatic carbocycles. The van der Waals surface area contributed by atoms with Crippen molar-refractivity contribution in [2.45, 2.75) is 19.4 Å². The van der Waals surface area contributed by atoms with Crippen LogP contribution in [0.25, 0.3) is 10.8 Å². The van der Waals surface area contributed by atoms with Gasteiger partial charge < -0.3 is 5.32 Å². The average Bonchev–Trinajstić information content (AvgIpc) is 2.62. The average molecular weight is 321 g/mol. The molecule has 0 aliphatic heterocycles. The second-order valence-corrected chi connectivity index (χ2v) is 5.68. The van der Waals surface area contributed by atoms with E-state index in [1.165, 1.54) is 4.68 Å². The lowest BCUT2D eigenvalue weighted by atomic mass is 10.1. The highest BCUT2D eigenvalue weighted by molar-refractivity contribution is 5.84. The number of hydrogen-bond donors (Lipinski definition) is 1. The van der Waals surface area contributed by atoms with Gasteiger partial charge in [-0.05, 0) is 18.1 Å². The Morgan fingerprint density at radius 3 is 2.46 bits per heavy atom. The fraction of sp³-hybridized carbons (Fsp3) is 0.211. The van der Waals surface area contributed by atoms with Gasteiger partial charge in [0.2, 0.25) is 5.91 Å². The minimum absolute atomic E-state index is 0.0291. The van der Waals surface area contributed by atoms with E-state index in [9.17, 15) is 9.59 Å². The van der Waals surface area contributed by atoms with Crippen molar-refractivity contribution in [1.29, 1.82) is 0 Å². The van der Waals surface area contributed by atoms with Gasteiger partial charge in [-0.2, -0.15) is 5.10 Å². The minimum Gasteiger partial charge on any atom is -0.350 e. The second kappa shape index (κ2) is 7.08. The zero-order chi connectivity index (χ0) is 16.9. The summed E-state index contributed by atoms with van der Waals surface area (Å²) in [4.78, 5) is 24.2. The Bertz CT molecular complexity index is 917. The number of rotatable bonds is 5. The largest absolute Gasteiger partial charge is 0.350 e. The highest BCUT2D eigenvalue weighted by atomic mass is 16.1. The van der Waals surface area contributed by atoms with E-state index in [1.807, 2.05) is 48.5 Å². The van der Waals surface area contributed by atoms with Crippen molar-refractivity contribution in [3.63, 3.8) is 0 Å². The predicted molar refractivity (Wildman–Crippen MR) is 93.6 cm³/mol. The van der Waals surface area contributed by atoms with E-state index >= 15 is 0 Å². The van der Waals surface area contributed by atoms with Gasteiger partial charge in [-0.1, -0.05) is 48.5 Å². The zero-order valence-corrected chi connectivity index (χ0v) is 13.5. The minimum atomic E-state index is -0.134. The molecule has 0 atom stereocenters. The SMILES string of the molecule is Cn1nc(CNC(=O)CCc2ccccc2)c2ccccc2c1=O. The molecular formula is C19H19N3O2. The number of benzene rings is 2. The maximum absolute atomic E-state index is 12.1. The Labute approximate surface area is 139 Å². The van der Waals surface area contributed by atoms with Crippen LogP contribution in [0.2, 0.25) is 0 Å². The molecule has 5 nitrogen and oxygen atoms in total. The van der Waals surface area contributed by atoms with Gasteiger partial charge in [-0.15, -0.1) is 0 Å². The van der Waals surface area contributed by atoms with Gasteiger partial charge in [-0.3, -0.25) is 9.59 Å². The van der Waals surface area contributed by atoms with Crippen molar-refractivity contribution in [2.75, 3.05) is 0 Å². The number of amides is 1. The molecule has 1 amide bonds. The zero-order valence-electron chi connectivity index (χ0n) is 13.5. The van der Waals surface area contributed by atoms with Crippen molar-refractivity contribution >= 4 is 16.7 Å². The molecule has 1 aromatic heterocycles. The third-order valence-corrected chi connectivity index (χ3v) is 3.97. The Kier molecular flexibility index (Phi) is 4.70. The Morgan fingerprint density at radius 1 is 1.04 bits per heavy atom. The number of carbonyl (C=O) groups excluding carboxylic acids is 1. The van der Waals surface area contributed by atoms with Gasteiger partial charge >= 0.3 is 0 Å². The second-order valence-electron chi connectivity index (χ2n) is 5.68. The molecule has 0 fully saturated rings. The first-order valence-electron chi connectivity index (χ1n) is 7.90. The normalized spacial score (nSPS) is 10.7. The van der Waals surface area contributed by atoms with E-state index in [0.29, 0.717) is 30.5 Å². The quantitative estimate of drug-likeness (QED) is 0.783. The summed E-state index contributed by atoms with van der Waals surface area (Å²) < 4.78 is 1.31. The first-order valence-corrected chi connectivity index (χ1v) is 7.90. The van der Waals surface area contributed by atoms with Gasteiger partial charge in [0.05, 0.1) is 17.6 Å². The molecule has 0 unspecified atom stereocenters. The van der Waals surface area contributed by atoms with Crippen molar-refractivity contribution in [3.8, 4) is 0 Å². The molecule has 0 saturated heterocycles. The molecule has 2 aromatic carbocycles. The van der Waals surface area contributed by atoms with E-state index < -0.39 is 0 Å². The smallest absolute Gasteiger partial charge is 0.274 e. The van der Waals surface area contributed by atoms with Crippen LogP contribution in [0.4, 0.5) is 0 Å². The molecule has 122 valence electrons. The van der Waals surface area contributed by atoms with Crippen LogP contribution in [0.1, 0.15) is 17.7 Å². The first-order chi connectivity index (χ1) is 11.6. The number of aryl methyl sites for hydroxylation is 2. The van der Waals surface area contributed by atoms with E-state index in [0.717, 1.165) is 10.9 Å². The number of fused-ring (bicyclic) bond motifs is 1. The predicted octanol–water partition coefficient (Wildman–Crippen LogP) is 2.18. The molecule has 3 aromatic rings. The molecule has 0 spiro atoms. The van der Waals surface area contributed by atoms with Gasteiger partial charge in [0, 0.05) is 18.9 Å². The fourth-order valence-corrected chi connectivity index (χ4v) is 2.68. The molecule has 0 saturated carbocycles. The summed E-state index contributed by atoms with van der Waals surface area (Å²) >= 11 is 0. The number of carbonyl (C=O) groups is 1. The van der Waals surface area contributed by atoms with E-state index in [-0.39, 0.29) is 11.5 Å². The van der Waals surface area contributed by atoms with Crippen LogP contribution in [0.5, 0.6) is 0 Å². The molecule has 0 aliphatic rings. The lowest BCUT2D eigenvalue weighted by Gasteiger charge is -2.09. The van der Waals surface area contributed by atoms with Crippen LogP contribution in [0.15, 0.2) is 59.4 Å². The van der Waals surface area contributed by atoms with Crippen LogP contribution >= 0.6 is 0 Å². The van der Waals surface area contributed by atoms with Crippen LogP contribution in [-0.2, 0) is 24.8 Å². The number of aromatic nitrogens is 2. The summed E-state index contributed by atoms with van der Waals surface area (Å²) in [7, 11) is 1.62. The molecular weight excluding hydrogens is 302 g/mol. The topological polar surface area (TPSA) is 64.0 Å². The van der Waals surface area contributed by atoms with Crippen LogP contribution in [0.3, 0.4) is 0 Å². The van der Waals surface area contributed by atoms with Crippen LogP contribution in [0, 0.1) is 0 Å². The highest BCUT2D eigenvalue weighted by Gasteiger charge is 2.09. The third kappa shape index (κ3) is 3.51. The van der Waals surface area contributed by atoms with Gasteiger partial charge in [0.25, 0.3) is 5.56 Å². The summed E-state index contributed by atoms with van der Waals surface area (Å²) in [5.74, 6) is -0.0291. The highest BCUT2D eigenvalue weighted by Crippen LogP contribution is 2.12. The lowest BCUT2D eigenvalue weighted by Crippen LogP contribution is -2.27. The van der Waals surface area contributed by atoms with Crippen LogP contribution in [-0.4, -0.2) is 15.7 Å². The monoisotopic (exact) mass is 321 g/mol. The van der Waals surface area contributed by atoms with Gasteiger partial charge in [0.1, 0.15) is 0 Å². The van der Waals surface area contributed by atoms with Crippen molar-refractivity contribution < 1.29 is 4.79 Å². The van der Waals surface area contributed by atoms with Crippen molar-refractivity contribution in [1.82, 2.24) is 15.1 Å². The maximum Gasteiger partial charge on any atom is 0.274 e. The number of nitrogens with one attached hydrogen (secondary N) is 1. The summed E-state index contributed by atoms with van der Waals surface area (Å²) in [6, 6.07) is 17.2. The summed E-state index contributed by atoms with van der Waals surface area (Å²) in [5, 5.41) is 8.57. The summed E-state index contributed by atoms with van der Waals surface area (Å²) in [5.41, 5.74) is 1.70. The van der Waals surface area contributed by atoms with E-state index in [1.54, 1.807) is 13.1 Å². The van der Waals surface area contributed by atoms with Crippen molar-refractivity contribution in [3.05, 3.63) is 76.2 Å². The summed E-state index contributed by atoms with van der Waals surface area (Å²) in [6.45, 7) is 0.308. The Balaban J connectivity index is 1.68. The maximum atomic E-state index is 12.1. The number of hydrogen-bond acceptors (Lipinski definition) is 3. The van der Waals surface area contributed by atoms with E-state index in [2.05, 4.69) is 10.4 Å². The summed E-state index contributed by atoms with van der Waals surface area (Å²) in [6.07, 6.45) is 1.13. The Hall–Kier alpha value is -2.95. The lowest BCUT2D eigenvalue weighted by molar-refractivity contribution is -0.121. The van der Waals surface area contributed by atoms with Gasteiger partial charge in [0.15, 0.2) is 0 Å². The molecule has 0 bridgehead atoms. The standard InChI is InChI=1S/C19H19N3O2/c1-22-19(24)16-10-6-5-9-15(16)17(21-22)13-20-18(23)12-11-14-7-3-2-4-8-14/h2-10H,11-13H2,1H3,(H,20,23). The third-order valence-electron chi connectivity index (χ3n) is 3.97. The van der Waals surface area contributed by atoms with Gasteiger partial charge in [-0.25, -0.2) is 4.68 Å². The molecule has 24 heavy (non-hydrogen) atoms. The molecule has 5 heteroatoms. The van der Waals surface area contributed by atoms with Crippen molar-refractivity contribution in [2.24, 2.45) is 7.05 Å². The molecule has 0 radical (unpaired) electrons. The number of nitrogens with zero attached hydrogens (tertiary/aromatic N) is 2. The molecule has 1 heterocycles. The fourth-order valence-electron chi connectivity index (χ4n) is 2.68. The van der Waals surface area contributed by atoms with Crippen LogP contribution < -0.4 is 10.9 Å².